The Hall–Kier alpha value is -4.14. The molecule has 3 aromatic carbocycles. The number of rotatable bonds is 9. The Balaban J connectivity index is 1.72. The third kappa shape index (κ3) is 5.51. The van der Waals surface area contributed by atoms with Gasteiger partial charge in [0.25, 0.3) is 0 Å². The lowest BCUT2D eigenvalue weighted by Crippen LogP contribution is -2.01. The molecule has 0 aliphatic rings. The van der Waals surface area contributed by atoms with E-state index in [2.05, 4.69) is 97.2 Å². The number of hydrogen-bond donors (Lipinski definition) is 1. The molecule has 0 aliphatic carbocycles. The molecule has 45 heavy (non-hydrogen) atoms. The molecule has 0 unspecified atom stereocenters. The van der Waals surface area contributed by atoms with Crippen LogP contribution in [-0.4, -0.2) is 15.6 Å². The third-order valence-corrected chi connectivity index (χ3v) is 11.3. The van der Waals surface area contributed by atoms with E-state index in [1.165, 1.54) is 90.8 Å². The van der Waals surface area contributed by atoms with Crippen LogP contribution < -0.4 is 0 Å². The average Bonchev–Trinajstić information content (AvgIpc) is 3.61. The lowest BCUT2D eigenvalue weighted by Gasteiger charge is -2.16. The number of fused-ring (bicyclic) bond motifs is 3. The van der Waals surface area contributed by atoms with Crippen LogP contribution in [0.15, 0.2) is 35.9 Å². The van der Waals surface area contributed by atoms with Gasteiger partial charge in [0.05, 0.1) is 11.0 Å². The van der Waals surface area contributed by atoms with Gasteiger partial charge >= 0.3 is 5.97 Å². The quantitative estimate of drug-likeness (QED) is 0.102. The highest BCUT2D eigenvalue weighted by atomic mass is 32.1. The molecular weight excluding hydrogens is 573 g/mol. The van der Waals surface area contributed by atoms with E-state index < -0.39 is 5.97 Å². The van der Waals surface area contributed by atoms with E-state index in [0.717, 1.165) is 40.3 Å². The fourth-order valence-corrected chi connectivity index (χ4v) is 8.03. The van der Waals surface area contributed by atoms with E-state index in [1.54, 1.807) is 11.3 Å². The predicted molar refractivity (Wildman–Crippen MR) is 191 cm³/mol. The lowest BCUT2D eigenvalue weighted by molar-refractivity contribution is -0.132. The molecule has 0 saturated carbocycles. The Kier molecular flexibility index (Phi) is 9.10. The van der Waals surface area contributed by atoms with E-state index in [9.17, 15) is 15.2 Å². The Bertz CT molecular complexity index is 1970. The topological polar surface area (TPSA) is 66.0 Å². The number of hydrogen-bond acceptors (Lipinski definition) is 3. The van der Waals surface area contributed by atoms with Crippen molar-refractivity contribution in [1.29, 1.82) is 5.26 Å². The molecule has 2 aromatic heterocycles. The number of carboxylic acid groups (broad SMARTS) is 1. The highest BCUT2D eigenvalue weighted by molar-refractivity contribution is 7.16. The summed E-state index contributed by atoms with van der Waals surface area (Å²) in [5.74, 6) is -1.20. The number of nitrogens with zero attached hydrogens (tertiary/aromatic N) is 2. The SMILES string of the molecule is CCCCCCc1cc(/C=C(\C#N)C(=O)O)sc1-c1ccc(-n2c3c(C)c(C)c(C)c(C)c3c3c(C)c(C)c(C)c(C)c32)cc1. The van der Waals surface area contributed by atoms with Crippen molar-refractivity contribution in [3.8, 4) is 22.2 Å². The highest BCUT2D eigenvalue weighted by Crippen LogP contribution is 2.44. The van der Waals surface area contributed by atoms with Crippen LogP contribution in [0.4, 0.5) is 0 Å². The molecule has 0 atom stereocenters. The maximum atomic E-state index is 11.6. The molecule has 0 amide bonds. The first-order chi connectivity index (χ1) is 21.4. The van der Waals surface area contributed by atoms with Crippen LogP contribution >= 0.6 is 11.3 Å². The summed E-state index contributed by atoms with van der Waals surface area (Å²) in [6, 6.07) is 12.8. The molecule has 5 heteroatoms. The molecular formula is C40H44N2O2S. The monoisotopic (exact) mass is 616 g/mol. The second kappa shape index (κ2) is 12.7. The highest BCUT2D eigenvalue weighted by Gasteiger charge is 2.24. The van der Waals surface area contributed by atoms with Crippen molar-refractivity contribution in [2.75, 3.05) is 0 Å². The zero-order chi connectivity index (χ0) is 32.7. The average molecular weight is 617 g/mol. The summed E-state index contributed by atoms with van der Waals surface area (Å²) in [5.41, 5.74) is 16.5. The van der Waals surface area contributed by atoms with Crippen LogP contribution in [-0.2, 0) is 11.2 Å². The molecule has 5 rings (SSSR count). The second-order valence-corrected chi connectivity index (χ2v) is 13.7. The van der Waals surface area contributed by atoms with E-state index in [-0.39, 0.29) is 5.57 Å². The maximum absolute atomic E-state index is 11.6. The number of aryl methyl sites for hydroxylation is 5. The maximum Gasteiger partial charge on any atom is 0.346 e. The molecule has 1 N–H and O–H groups in total. The van der Waals surface area contributed by atoms with Crippen LogP contribution in [0, 0.1) is 66.7 Å². The first-order valence-corrected chi connectivity index (χ1v) is 16.8. The summed E-state index contributed by atoms with van der Waals surface area (Å²) in [5, 5.41) is 21.5. The number of aromatic nitrogens is 1. The van der Waals surface area contributed by atoms with Crippen LogP contribution in [0.25, 0.3) is 44.0 Å². The molecule has 0 radical (unpaired) electrons. The number of nitriles is 1. The molecule has 232 valence electrons. The van der Waals surface area contributed by atoms with E-state index in [0.29, 0.717) is 0 Å². The Morgan fingerprint density at radius 2 is 1.33 bits per heavy atom. The van der Waals surface area contributed by atoms with Crippen molar-refractivity contribution in [2.24, 2.45) is 0 Å². The van der Waals surface area contributed by atoms with Crippen molar-refractivity contribution in [3.05, 3.63) is 90.9 Å². The largest absolute Gasteiger partial charge is 0.477 e. The van der Waals surface area contributed by atoms with Gasteiger partial charge in [0, 0.05) is 26.2 Å². The Morgan fingerprint density at radius 1 is 0.800 bits per heavy atom. The van der Waals surface area contributed by atoms with Crippen molar-refractivity contribution in [1.82, 2.24) is 4.57 Å². The molecule has 5 aromatic rings. The summed E-state index contributed by atoms with van der Waals surface area (Å²) < 4.78 is 2.48. The van der Waals surface area contributed by atoms with E-state index in [1.807, 2.05) is 6.07 Å². The zero-order valence-corrected chi connectivity index (χ0v) is 29.0. The van der Waals surface area contributed by atoms with Gasteiger partial charge in [-0.3, -0.25) is 0 Å². The Labute approximate surface area is 271 Å². The molecule has 4 nitrogen and oxygen atoms in total. The van der Waals surface area contributed by atoms with Gasteiger partial charge in [-0.2, -0.15) is 5.26 Å². The van der Waals surface area contributed by atoms with Crippen molar-refractivity contribution in [2.45, 2.75) is 94.4 Å². The molecule has 0 aliphatic heterocycles. The molecule has 0 saturated heterocycles. The molecule has 0 spiro atoms. The van der Waals surface area contributed by atoms with Crippen molar-refractivity contribution < 1.29 is 9.90 Å². The fourth-order valence-electron chi connectivity index (χ4n) is 6.87. The Morgan fingerprint density at radius 3 is 1.82 bits per heavy atom. The summed E-state index contributed by atoms with van der Waals surface area (Å²) >= 11 is 1.56. The van der Waals surface area contributed by atoms with E-state index in [4.69, 9.17) is 0 Å². The number of carboxylic acids is 1. The number of benzene rings is 3. The third-order valence-electron chi connectivity index (χ3n) is 10.2. The lowest BCUT2D eigenvalue weighted by atomic mass is 9.90. The van der Waals surface area contributed by atoms with Gasteiger partial charge in [0.2, 0.25) is 0 Å². The minimum absolute atomic E-state index is 0.241. The van der Waals surface area contributed by atoms with E-state index >= 15 is 0 Å². The van der Waals surface area contributed by atoms with Gasteiger partial charge < -0.3 is 9.67 Å². The molecule has 2 heterocycles. The van der Waals surface area contributed by atoms with Crippen LogP contribution in [0.3, 0.4) is 0 Å². The zero-order valence-electron chi connectivity index (χ0n) is 28.2. The van der Waals surface area contributed by atoms with Crippen LogP contribution in [0.1, 0.15) is 87.6 Å². The standard InChI is InChI=1S/C40H44N2O2S/c1-10-11-12-13-14-31-19-34(20-32(21-41)40(43)44)45-39(31)30-15-17-33(18-16-30)42-37-28(8)24(4)22(2)26(6)35(37)36-27(7)23(3)25(5)29(9)38(36)42/h15-20H,10-14H2,1-9H3,(H,43,44)/b32-20+. The molecule has 0 bridgehead atoms. The summed E-state index contributed by atoms with van der Waals surface area (Å²) in [4.78, 5) is 13.5. The van der Waals surface area contributed by atoms with Gasteiger partial charge in [-0.05, 0) is 148 Å². The van der Waals surface area contributed by atoms with Crippen molar-refractivity contribution >= 4 is 45.2 Å². The minimum atomic E-state index is -1.20. The number of unbranched alkanes of at least 4 members (excludes halogenated alkanes) is 3. The first kappa shape index (κ1) is 32.3. The minimum Gasteiger partial charge on any atom is -0.477 e. The number of thiophene rings is 1. The van der Waals surface area contributed by atoms with Gasteiger partial charge in [-0.25, -0.2) is 4.79 Å². The number of aliphatic carboxylic acids is 1. The predicted octanol–water partition coefficient (Wildman–Crippen LogP) is 11.1. The summed E-state index contributed by atoms with van der Waals surface area (Å²) in [7, 11) is 0. The van der Waals surface area contributed by atoms with Gasteiger partial charge in [0.15, 0.2) is 0 Å². The van der Waals surface area contributed by atoms with Gasteiger partial charge in [-0.1, -0.05) is 38.3 Å². The number of carbonyl (C=O) groups is 1. The first-order valence-electron chi connectivity index (χ1n) is 16.0. The van der Waals surface area contributed by atoms with Gasteiger partial charge in [-0.15, -0.1) is 11.3 Å². The molecule has 0 fully saturated rings. The smallest absolute Gasteiger partial charge is 0.346 e. The van der Waals surface area contributed by atoms with Crippen molar-refractivity contribution in [3.63, 3.8) is 0 Å². The van der Waals surface area contributed by atoms with Crippen LogP contribution in [0.2, 0.25) is 0 Å². The summed E-state index contributed by atoms with van der Waals surface area (Å²) in [6.07, 6.45) is 7.06. The summed E-state index contributed by atoms with van der Waals surface area (Å²) in [6.45, 7) is 20.3. The van der Waals surface area contributed by atoms with Crippen LogP contribution in [0.5, 0.6) is 0 Å². The van der Waals surface area contributed by atoms with Gasteiger partial charge in [0.1, 0.15) is 11.6 Å². The fraction of sp³-hybridized carbons (Fsp3) is 0.350. The normalized spacial score (nSPS) is 12.0. The second-order valence-electron chi connectivity index (χ2n) is 12.6.